The molecule has 1 N–H and O–H groups in total. The van der Waals surface area contributed by atoms with Crippen molar-refractivity contribution < 1.29 is 35.3 Å². The maximum atomic E-state index is 13.1. The van der Waals surface area contributed by atoms with Crippen molar-refractivity contribution in [2.75, 3.05) is 25.6 Å². The third-order valence-corrected chi connectivity index (χ3v) is 5.25. The Morgan fingerprint density at radius 3 is 2.23 bits per heavy atom. The van der Waals surface area contributed by atoms with Crippen LogP contribution in [0.3, 0.4) is 0 Å². The first kappa shape index (κ1) is 24.3. The smallest absolute Gasteiger partial charge is 0.383 e. The molecule has 0 aliphatic heterocycles. The van der Waals surface area contributed by atoms with Gasteiger partial charge < -0.3 is 10.1 Å². The van der Waals surface area contributed by atoms with Gasteiger partial charge in [-0.25, -0.2) is 8.89 Å². The van der Waals surface area contributed by atoms with Gasteiger partial charge in [0.25, 0.3) is 0 Å². The molecule has 30 heavy (non-hydrogen) atoms. The van der Waals surface area contributed by atoms with Gasteiger partial charge in [0.2, 0.25) is 0 Å². The molecule has 0 aliphatic carbocycles. The average Bonchev–Trinajstić information content (AvgIpc) is 2.97. The van der Waals surface area contributed by atoms with Crippen LogP contribution in [-0.2, 0) is 21.7 Å². The number of hydrogen-bond donors (Lipinski definition) is 1. The van der Waals surface area contributed by atoms with Gasteiger partial charge in [0, 0.05) is 13.7 Å². The molecule has 0 amide bonds. The number of ether oxygens (including phenoxy) is 1. The summed E-state index contributed by atoms with van der Waals surface area (Å²) in [6.45, 7) is -0.134. The molecule has 6 nitrogen and oxygen atoms in total. The lowest BCUT2D eigenvalue weighted by molar-refractivity contribution is -0.137. The average molecular weight is 495 g/mol. The minimum absolute atomic E-state index is 0.0143. The molecule has 0 radical (unpaired) electrons. The highest BCUT2D eigenvalue weighted by molar-refractivity contribution is 7.86. The van der Waals surface area contributed by atoms with Gasteiger partial charge in [0.1, 0.15) is 22.5 Å². The minimum atomic E-state index is -5.25. The Hall–Kier alpha value is -2.01. The third-order valence-electron chi connectivity index (χ3n) is 3.50. The number of anilines is 1. The van der Waals surface area contributed by atoms with Crippen LogP contribution in [0.1, 0.15) is 11.3 Å². The molecular formula is C15H10Cl2F6N4O2S. The molecule has 1 atom stereocenters. The molecule has 0 aliphatic rings. The fourth-order valence-electron chi connectivity index (χ4n) is 2.29. The summed E-state index contributed by atoms with van der Waals surface area (Å²) in [5, 5.41) is 14.1. The van der Waals surface area contributed by atoms with E-state index in [1.807, 2.05) is 0 Å². The van der Waals surface area contributed by atoms with Gasteiger partial charge in [0.05, 0.1) is 22.2 Å². The summed E-state index contributed by atoms with van der Waals surface area (Å²) >= 11 is 11.8. The van der Waals surface area contributed by atoms with E-state index in [0.29, 0.717) is 16.8 Å². The Kier molecular flexibility index (Phi) is 7.28. The van der Waals surface area contributed by atoms with E-state index in [-0.39, 0.29) is 13.2 Å². The largest absolute Gasteiger partial charge is 0.476 e. The standard InChI is InChI=1S/C15H10Cl2F6N4O2S/c1-29-3-2-25-13-12(30(28)15(21,22)23)10(6-24)26-27(13)11-8(16)4-7(5-9(11)17)14(18,19)20/h4-5,25H,2-3H2,1H3. The second kappa shape index (κ2) is 9.01. The Morgan fingerprint density at radius 2 is 1.80 bits per heavy atom. The molecule has 0 spiro atoms. The fourth-order valence-corrected chi connectivity index (χ4v) is 3.76. The number of benzene rings is 1. The van der Waals surface area contributed by atoms with E-state index in [4.69, 9.17) is 27.9 Å². The second-order valence-corrected chi connectivity index (χ2v) is 7.69. The lowest BCUT2D eigenvalue weighted by atomic mass is 10.2. The van der Waals surface area contributed by atoms with Crippen LogP contribution in [0.4, 0.5) is 32.2 Å². The third kappa shape index (κ3) is 5.00. The molecule has 2 aromatic rings. The number of halogens is 8. The monoisotopic (exact) mass is 494 g/mol. The number of hydrogen-bond acceptors (Lipinski definition) is 5. The van der Waals surface area contributed by atoms with Crippen molar-refractivity contribution in [2.45, 2.75) is 16.6 Å². The molecule has 1 aromatic carbocycles. The van der Waals surface area contributed by atoms with E-state index < -0.39 is 60.2 Å². The van der Waals surface area contributed by atoms with E-state index in [1.165, 1.54) is 13.2 Å². The predicted molar refractivity (Wildman–Crippen MR) is 96.1 cm³/mol. The van der Waals surface area contributed by atoms with Crippen LogP contribution in [0.5, 0.6) is 0 Å². The van der Waals surface area contributed by atoms with Crippen molar-refractivity contribution in [3.8, 4) is 11.8 Å². The molecule has 0 saturated carbocycles. The number of nitriles is 1. The van der Waals surface area contributed by atoms with Gasteiger partial charge in [-0.05, 0) is 12.1 Å². The molecule has 2 rings (SSSR count). The van der Waals surface area contributed by atoms with Gasteiger partial charge in [-0.3, -0.25) is 0 Å². The zero-order valence-electron chi connectivity index (χ0n) is 14.7. The minimum Gasteiger partial charge on any atom is -0.383 e. The summed E-state index contributed by atoms with van der Waals surface area (Å²) in [6, 6.07) is 2.37. The van der Waals surface area contributed by atoms with E-state index in [2.05, 4.69) is 10.4 Å². The van der Waals surface area contributed by atoms with Crippen LogP contribution >= 0.6 is 23.2 Å². The number of methoxy groups -OCH3 is 1. The highest BCUT2D eigenvalue weighted by Crippen LogP contribution is 2.41. The maximum absolute atomic E-state index is 13.1. The molecule has 0 bridgehead atoms. The quantitative estimate of drug-likeness (QED) is 0.462. The van der Waals surface area contributed by atoms with Gasteiger partial charge in [-0.1, -0.05) is 23.2 Å². The summed E-state index contributed by atoms with van der Waals surface area (Å²) in [5.74, 6) is -0.581. The first-order valence-electron chi connectivity index (χ1n) is 7.64. The van der Waals surface area contributed by atoms with Crippen molar-refractivity contribution in [1.29, 1.82) is 5.26 Å². The van der Waals surface area contributed by atoms with Crippen LogP contribution in [0.25, 0.3) is 5.69 Å². The Morgan fingerprint density at radius 1 is 1.23 bits per heavy atom. The molecule has 1 heterocycles. The first-order valence-corrected chi connectivity index (χ1v) is 9.54. The molecule has 15 heteroatoms. The molecule has 0 saturated heterocycles. The summed E-state index contributed by atoms with van der Waals surface area (Å²) in [7, 11) is -2.39. The number of rotatable bonds is 6. The normalized spacial score (nSPS) is 13.2. The van der Waals surface area contributed by atoms with Gasteiger partial charge >= 0.3 is 11.7 Å². The number of nitrogens with one attached hydrogen (secondary N) is 1. The van der Waals surface area contributed by atoms with E-state index in [1.54, 1.807) is 0 Å². The number of nitrogens with zero attached hydrogens (tertiary/aromatic N) is 3. The zero-order valence-corrected chi connectivity index (χ0v) is 17.0. The number of aromatic nitrogens is 2. The topological polar surface area (TPSA) is 79.9 Å². The highest BCUT2D eigenvalue weighted by atomic mass is 35.5. The second-order valence-electron chi connectivity index (χ2n) is 5.47. The zero-order chi connectivity index (χ0) is 22.9. The summed E-state index contributed by atoms with van der Waals surface area (Å²) in [5.41, 5.74) is -7.77. The highest BCUT2D eigenvalue weighted by Gasteiger charge is 2.43. The van der Waals surface area contributed by atoms with Crippen molar-refractivity contribution in [3.63, 3.8) is 0 Å². The summed E-state index contributed by atoms with van der Waals surface area (Å²) in [6.07, 6.45) is -4.80. The van der Waals surface area contributed by atoms with Crippen LogP contribution in [0.15, 0.2) is 17.0 Å². The predicted octanol–water partition coefficient (Wildman–Crippen LogP) is 4.76. The van der Waals surface area contributed by atoms with Gasteiger partial charge in [-0.2, -0.15) is 36.7 Å². The Bertz CT molecular complexity index is 993. The molecule has 1 unspecified atom stereocenters. The van der Waals surface area contributed by atoms with Crippen molar-refractivity contribution in [1.82, 2.24) is 9.78 Å². The Balaban J connectivity index is 2.79. The Labute approximate surface area is 177 Å². The first-order chi connectivity index (χ1) is 13.8. The van der Waals surface area contributed by atoms with E-state index in [0.717, 1.165) is 0 Å². The van der Waals surface area contributed by atoms with Crippen molar-refractivity contribution in [2.24, 2.45) is 0 Å². The van der Waals surface area contributed by atoms with E-state index in [9.17, 15) is 35.8 Å². The molecule has 1 aromatic heterocycles. The van der Waals surface area contributed by atoms with Crippen LogP contribution < -0.4 is 5.32 Å². The fraction of sp³-hybridized carbons (Fsp3) is 0.333. The van der Waals surface area contributed by atoms with Crippen LogP contribution in [0, 0.1) is 11.3 Å². The maximum Gasteiger partial charge on any atom is 0.476 e. The van der Waals surface area contributed by atoms with Crippen molar-refractivity contribution >= 4 is 39.8 Å². The van der Waals surface area contributed by atoms with Crippen molar-refractivity contribution in [3.05, 3.63) is 33.4 Å². The SMILES string of the molecule is COCCNc1c(S(=O)C(F)(F)F)c(C#N)nn1-c1c(Cl)cc(C(F)(F)F)cc1Cl. The lowest BCUT2D eigenvalue weighted by Gasteiger charge is -2.16. The molecular weight excluding hydrogens is 485 g/mol. The van der Waals surface area contributed by atoms with Crippen LogP contribution in [0.2, 0.25) is 10.0 Å². The van der Waals surface area contributed by atoms with Crippen LogP contribution in [-0.4, -0.2) is 39.8 Å². The van der Waals surface area contributed by atoms with E-state index >= 15 is 0 Å². The van der Waals surface area contributed by atoms with Gasteiger partial charge in [0.15, 0.2) is 16.5 Å². The van der Waals surface area contributed by atoms with Gasteiger partial charge in [-0.15, -0.1) is 0 Å². The molecule has 0 fully saturated rings. The number of alkyl halides is 6. The summed E-state index contributed by atoms with van der Waals surface area (Å²) < 4.78 is 95.5. The lowest BCUT2D eigenvalue weighted by Crippen LogP contribution is -2.19. The molecule has 164 valence electrons. The summed E-state index contributed by atoms with van der Waals surface area (Å²) in [4.78, 5) is -1.02.